The second-order valence-electron chi connectivity index (χ2n) is 2.80. The van der Waals surface area contributed by atoms with Crippen LogP contribution in [0, 0.1) is 11.6 Å². The smallest absolute Gasteiger partial charge is 0.270 e. The Bertz CT molecular complexity index is 350. The monoisotopic (exact) mass is 237 g/mol. The van der Waals surface area contributed by atoms with Crippen LogP contribution in [0.2, 0.25) is 0 Å². The van der Waals surface area contributed by atoms with Crippen molar-refractivity contribution in [2.75, 3.05) is 0 Å². The first-order valence-electron chi connectivity index (χ1n) is 4.00. The summed E-state index contributed by atoms with van der Waals surface area (Å²) in [6.45, 7) is -0.180. The van der Waals surface area contributed by atoms with Gasteiger partial charge in [-0.25, -0.2) is 13.2 Å². The molecule has 1 amide bonds. The number of benzene rings is 1. The van der Waals surface area contributed by atoms with E-state index in [-0.39, 0.29) is 12.1 Å². The normalized spacial score (nSPS) is 12.3. The molecule has 0 aliphatic carbocycles. The first kappa shape index (κ1) is 11.8. The summed E-state index contributed by atoms with van der Waals surface area (Å²) in [5, 5.41) is 2.07. The molecule has 0 bridgehead atoms. The summed E-state index contributed by atoms with van der Waals surface area (Å²) >= 11 is 4.83. The molecule has 0 aliphatic heterocycles. The van der Waals surface area contributed by atoms with Crippen molar-refractivity contribution in [2.45, 2.75) is 12.2 Å². The molecule has 1 aromatic rings. The summed E-state index contributed by atoms with van der Waals surface area (Å²) in [5.41, 5.74) is -1.97. The van der Waals surface area contributed by atoms with Crippen molar-refractivity contribution in [3.63, 3.8) is 0 Å². The minimum atomic E-state index is -2.16. The van der Waals surface area contributed by atoms with E-state index in [0.717, 1.165) is 12.1 Å². The van der Waals surface area contributed by atoms with E-state index >= 15 is 0 Å². The average Bonchev–Trinajstić information content (AvgIpc) is 2.12. The van der Waals surface area contributed by atoms with Crippen LogP contribution in [0.3, 0.4) is 0 Å². The highest BCUT2D eigenvalue weighted by Crippen LogP contribution is 2.08. The molecule has 0 saturated heterocycles. The number of carbonyl (C=O) groups is 1. The van der Waals surface area contributed by atoms with Gasteiger partial charge >= 0.3 is 0 Å². The van der Waals surface area contributed by atoms with E-state index in [2.05, 4.69) is 5.32 Å². The zero-order valence-corrected chi connectivity index (χ0v) is 8.19. The van der Waals surface area contributed by atoms with Gasteiger partial charge in [0.2, 0.25) is 0 Å². The molecule has 1 atom stereocenters. The Balaban J connectivity index is 2.61. The Hall–Kier alpha value is -1.23. The van der Waals surface area contributed by atoms with Crippen LogP contribution < -0.4 is 5.32 Å². The molecule has 0 fully saturated rings. The van der Waals surface area contributed by atoms with Gasteiger partial charge in [-0.3, -0.25) is 4.79 Å². The van der Waals surface area contributed by atoms with Crippen molar-refractivity contribution in [1.82, 2.24) is 5.32 Å². The Morgan fingerprint density at radius 2 is 1.87 bits per heavy atom. The Kier molecular flexibility index (Phi) is 3.96. The minimum absolute atomic E-state index is 0.180. The highest BCUT2D eigenvalue weighted by molar-refractivity contribution is 6.29. The van der Waals surface area contributed by atoms with Crippen LogP contribution in [0.1, 0.15) is 5.56 Å². The van der Waals surface area contributed by atoms with E-state index in [4.69, 9.17) is 11.6 Å². The topological polar surface area (TPSA) is 29.1 Å². The average molecular weight is 238 g/mol. The maximum atomic E-state index is 12.7. The molecule has 1 N–H and O–H groups in total. The van der Waals surface area contributed by atoms with Gasteiger partial charge in [0.15, 0.2) is 0 Å². The Morgan fingerprint density at radius 3 is 2.33 bits per heavy atom. The second-order valence-corrected chi connectivity index (χ2v) is 3.18. The fourth-order valence-corrected chi connectivity index (χ4v) is 1.06. The van der Waals surface area contributed by atoms with Gasteiger partial charge in [0.05, 0.1) is 0 Å². The first-order valence-corrected chi connectivity index (χ1v) is 4.43. The van der Waals surface area contributed by atoms with Gasteiger partial charge in [0.1, 0.15) is 11.6 Å². The standard InChI is InChI=1S/C9H7ClF3NO/c10-8(13)9(15)14-4-5-1-6(11)3-7(12)2-5/h1-3,8H,4H2,(H,14,15). The molecule has 2 nitrogen and oxygen atoms in total. The molecule has 1 aromatic carbocycles. The zero-order valence-electron chi connectivity index (χ0n) is 7.44. The van der Waals surface area contributed by atoms with Gasteiger partial charge in [-0.2, -0.15) is 0 Å². The van der Waals surface area contributed by atoms with Gasteiger partial charge in [-0.1, -0.05) is 11.6 Å². The lowest BCUT2D eigenvalue weighted by atomic mass is 10.2. The van der Waals surface area contributed by atoms with Crippen LogP contribution in [0.15, 0.2) is 18.2 Å². The van der Waals surface area contributed by atoms with E-state index in [1.165, 1.54) is 0 Å². The van der Waals surface area contributed by atoms with Gasteiger partial charge in [0, 0.05) is 12.6 Å². The quantitative estimate of drug-likeness (QED) is 0.802. The van der Waals surface area contributed by atoms with Gasteiger partial charge in [-0.05, 0) is 17.7 Å². The summed E-state index contributed by atoms with van der Waals surface area (Å²) in [7, 11) is 0. The van der Waals surface area contributed by atoms with E-state index in [0.29, 0.717) is 6.07 Å². The highest BCUT2D eigenvalue weighted by atomic mass is 35.5. The zero-order chi connectivity index (χ0) is 11.4. The predicted molar refractivity (Wildman–Crippen MR) is 49.0 cm³/mol. The summed E-state index contributed by atoms with van der Waals surface area (Å²) in [6, 6.07) is 2.76. The minimum Gasteiger partial charge on any atom is -0.348 e. The summed E-state index contributed by atoms with van der Waals surface area (Å²) in [6.07, 6.45) is 0. The number of amides is 1. The molecule has 1 rings (SSSR count). The fourth-order valence-electron chi connectivity index (χ4n) is 0.979. The number of hydrogen-bond acceptors (Lipinski definition) is 1. The van der Waals surface area contributed by atoms with Crippen molar-refractivity contribution >= 4 is 17.5 Å². The third kappa shape index (κ3) is 3.79. The number of nitrogens with one attached hydrogen (secondary N) is 1. The maximum absolute atomic E-state index is 12.7. The van der Waals surface area contributed by atoms with E-state index in [9.17, 15) is 18.0 Å². The van der Waals surface area contributed by atoms with Crippen LogP contribution in [-0.4, -0.2) is 11.5 Å². The Labute approximate surface area is 89.0 Å². The van der Waals surface area contributed by atoms with E-state index < -0.39 is 23.2 Å². The molecule has 82 valence electrons. The molecule has 0 saturated carbocycles. The van der Waals surface area contributed by atoms with Crippen LogP contribution in [0.25, 0.3) is 0 Å². The molecule has 0 aromatic heterocycles. The van der Waals surface area contributed by atoms with Crippen molar-refractivity contribution in [1.29, 1.82) is 0 Å². The van der Waals surface area contributed by atoms with Crippen LogP contribution in [-0.2, 0) is 11.3 Å². The molecule has 0 heterocycles. The highest BCUT2D eigenvalue weighted by Gasteiger charge is 2.12. The lowest BCUT2D eigenvalue weighted by molar-refractivity contribution is -0.123. The number of hydrogen-bond donors (Lipinski definition) is 1. The number of carbonyl (C=O) groups excluding carboxylic acids is 1. The van der Waals surface area contributed by atoms with Crippen LogP contribution >= 0.6 is 11.6 Å². The fraction of sp³-hybridized carbons (Fsp3) is 0.222. The summed E-state index contributed by atoms with van der Waals surface area (Å²) in [4.78, 5) is 10.7. The number of halogens is 4. The van der Waals surface area contributed by atoms with Crippen molar-refractivity contribution in [2.24, 2.45) is 0 Å². The van der Waals surface area contributed by atoms with E-state index in [1.54, 1.807) is 0 Å². The molecule has 0 aliphatic rings. The van der Waals surface area contributed by atoms with Crippen LogP contribution in [0.4, 0.5) is 13.2 Å². The van der Waals surface area contributed by atoms with Crippen molar-refractivity contribution in [3.8, 4) is 0 Å². The molecule has 15 heavy (non-hydrogen) atoms. The molecule has 6 heteroatoms. The lowest BCUT2D eigenvalue weighted by Crippen LogP contribution is -2.28. The number of rotatable bonds is 3. The van der Waals surface area contributed by atoms with Gasteiger partial charge in [0.25, 0.3) is 11.5 Å². The summed E-state index contributed by atoms with van der Waals surface area (Å²) in [5.74, 6) is -2.56. The predicted octanol–water partition coefficient (Wildman–Crippen LogP) is 2.12. The SMILES string of the molecule is O=C(NCc1cc(F)cc(F)c1)C(F)Cl. The molecule has 0 spiro atoms. The van der Waals surface area contributed by atoms with E-state index in [1.807, 2.05) is 0 Å². The third-order valence-electron chi connectivity index (χ3n) is 1.59. The lowest BCUT2D eigenvalue weighted by Gasteiger charge is -2.05. The van der Waals surface area contributed by atoms with Crippen LogP contribution in [0.5, 0.6) is 0 Å². The molecule has 0 radical (unpaired) electrons. The van der Waals surface area contributed by atoms with Gasteiger partial charge in [-0.15, -0.1) is 0 Å². The third-order valence-corrected chi connectivity index (χ3v) is 1.79. The Morgan fingerprint density at radius 1 is 1.33 bits per heavy atom. The van der Waals surface area contributed by atoms with Crippen molar-refractivity contribution < 1.29 is 18.0 Å². The van der Waals surface area contributed by atoms with Gasteiger partial charge < -0.3 is 5.32 Å². The maximum Gasteiger partial charge on any atom is 0.270 e. The second kappa shape index (κ2) is 5.02. The molecule has 1 unspecified atom stereocenters. The number of alkyl halides is 2. The largest absolute Gasteiger partial charge is 0.348 e. The van der Waals surface area contributed by atoms with Crippen molar-refractivity contribution in [3.05, 3.63) is 35.4 Å². The molecular formula is C9H7ClF3NO. The molecular weight excluding hydrogens is 231 g/mol. The summed E-state index contributed by atoms with van der Waals surface area (Å²) < 4.78 is 37.5. The first-order chi connectivity index (χ1) is 6.99.